The van der Waals surface area contributed by atoms with E-state index in [1.165, 1.54) is 5.01 Å². The largest absolute Gasteiger partial charge is 0.323 e. The van der Waals surface area contributed by atoms with Gasteiger partial charge in [0.05, 0.1) is 24.3 Å². The van der Waals surface area contributed by atoms with E-state index in [0.717, 1.165) is 25.7 Å². The van der Waals surface area contributed by atoms with Crippen molar-refractivity contribution in [1.82, 2.24) is 20.5 Å². The summed E-state index contributed by atoms with van der Waals surface area (Å²) in [7, 11) is 0. The predicted octanol–water partition coefficient (Wildman–Crippen LogP) is 1.17. The molecule has 0 spiro atoms. The normalized spacial score (nSPS) is 20.8. The van der Waals surface area contributed by atoms with E-state index in [0.29, 0.717) is 42.5 Å². The van der Waals surface area contributed by atoms with Gasteiger partial charge in [-0.3, -0.25) is 29.6 Å². The van der Waals surface area contributed by atoms with E-state index in [1.807, 2.05) is 0 Å². The second kappa shape index (κ2) is 9.61. The van der Waals surface area contributed by atoms with Crippen LogP contribution in [0, 0.1) is 11.8 Å². The van der Waals surface area contributed by atoms with Gasteiger partial charge in [0.2, 0.25) is 18.2 Å². The number of hydrazine groups is 1. The van der Waals surface area contributed by atoms with E-state index in [9.17, 15) is 19.6 Å². The number of aromatic nitrogens is 1. The highest BCUT2D eigenvalue weighted by atomic mass is 16.5. The van der Waals surface area contributed by atoms with Crippen LogP contribution < -0.4 is 10.7 Å². The van der Waals surface area contributed by atoms with Crippen LogP contribution in [0.15, 0.2) is 24.5 Å². The smallest absolute Gasteiger partial charge is 0.248 e. The number of rotatable bonds is 8. The number of hydroxylamine groups is 2. The molecule has 0 unspecified atom stereocenters. The van der Waals surface area contributed by atoms with Gasteiger partial charge in [-0.1, -0.05) is 25.7 Å². The molecule has 9 nitrogen and oxygen atoms in total. The number of carbonyl (C=O) groups excluding carboxylic acids is 3. The average molecular weight is 389 g/mol. The molecule has 152 valence electrons. The molecule has 1 saturated carbocycles. The lowest BCUT2D eigenvalue weighted by Crippen LogP contribution is -2.51. The summed E-state index contributed by atoms with van der Waals surface area (Å²) < 4.78 is 0. The summed E-state index contributed by atoms with van der Waals surface area (Å²) in [5.41, 5.74) is 3.56. The third-order valence-corrected chi connectivity index (χ3v) is 5.45. The fraction of sp³-hybridized carbons (Fsp3) is 0.579. The van der Waals surface area contributed by atoms with Crippen LogP contribution in [-0.2, 0) is 14.4 Å². The van der Waals surface area contributed by atoms with Crippen molar-refractivity contribution in [2.45, 2.75) is 44.6 Å². The minimum absolute atomic E-state index is 0.0754. The Labute approximate surface area is 164 Å². The number of amides is 3. The lowest BCUT2D eigenvalue weighted by Gasteiger charge is -2.29. The second-order valence-corrected chi connectivity index (χ2v) is 7.46. The van der Waals surface area contributed by atoms with Crippen molar-refractivity contribution < 1.29 is 19.6 Å². The predicted molar refractivity (Wildman–Crippen MR) is 101 cm³/mol. The van der Waals surface area contributed by atoms with Crippen LogP contribution in [0.5, 0.6) is 0 Å². The number of nitrogens with one attached hydrogen (secondary N) is 2. The zero-order valence-corrected chi connectivity index (χ0v) is 15.8. The third kappa shape index (κ3) is 5.05. The summed E-state index contributed by atoms with van der Waals surface area (Å²) in [6.07, 6.45) is 8.93. The fourth-order valence-corrected chi connectivity index (χ4v) is 4.07. The van der Waals surface area contributed by atoms with Crippen LogP contribution in [0.2, 0.25) is 0 Å². The molecular weight excluding hydrogens is 362 g/mol. The number of hydrogen-bond acceptors (Lipinski definition) is 6. The van der Waals surface area contributed by atoms with E-state index in [2.05, 4.69) is 15.7 Å². The van der Waals surface area contributed by atoms with E-state index >= 15 is 0 Å². The summed E-state index contributed by atoms with van der Waals surface area (Å²) in [6, 6.07) is 2.80. The number of anilines is 1. The van der Waals surface area contributed by atoms with Gasteiger partial charge in [-0.05, 0) is 30.9 Å². The first-order valence-corrected chi connectivity index (χ1v) is 9.76. The van der Waals surface area contributed by atoms with Gasteiger partial charge >= 0.3 is 0 Å². The first kappa shape index (κ1) is 20.2. The Hall–Kier alpha value is -2.52. The Morgan fingerprint density at radius 1 is 1.39 bits per heavy atom. The van der Waals surface area contributed by atoms with Gasteiger partial charge in [0.25, 0.3) is 0 Å². The highest BCUT2D eigenvalue weighted by Gasteiger charge is 2.38. The average Bonchev–Trinajstić information content (AvgIpc) is 3.39. The van der Waals surface area contributed by atoms with Crippen LogP contribution in [0.4, 0.5) is 5.69 Å². The van der Waals surface area contributed by atoms with Crippen molar-refractivity contribution in [3.63, 3.8) is 0 Å². The molecule has 2 atom stereocenters. The van der Waals surface area contributed by atoms with Crippen LogP contribution >= 0.6 is 0 Å². The number of hydrogen-bond donors (Lipinski definition) is 3. The van der Waals surface area contributed by atoms with Gasteiger partial charge in [-0.15, -0.1) is 0 Å². The number of pyridine rings is 1. The molecule has 2 aliphatic rings. The number of nitrogens with zero attached hydrogens (tertiary/aromatic N) is 3. The minimum atomic E-state index is -0.651. The molecule has 0 aromatic carbocycles. The molecule has 0 bridgehead atoms. The van der Waals surface area contributed by atoms with Crippen LogP contribution in [-0.4, -0.2) is 57.6 Å². The molecule has 9 heteroatoms. The topological polar surface area (TPSA) is 115 Å². The lowest BCUT2D eigenvalue weighted by atomic mass is 9.92. The molecular formula is C19H27N5O4. The Morgan fingerprint density at radius 3 is 2.86 bits per heavy atom. The van der Waals surface area contributed by atoms with Crippen molar-refractivity contribution in [2.75, 3.05) is 18.4 Å². The summed E-state index contributed by atoms with van der Waals surface area (Å²) in [6.45, 7) is 0.428. The van der Waals surface area contributed by atoms with Crippen molar-refractivity contribution in [2.24, 2.45) is 11.8 Å². The van der Waals surface area contributed by atoms with Crippen LogP contribution in [0.1, 0.15) is 38.5 Å². The maximum atomic E-state index is 13.2. The molecule has 3 rings (SSSR count). The van der Waals surface area contributed by atoms with Gasteiger partial charge in [-0.2, -0.15) is 0 Å². The van der Waals surface area contributed by atoms with Gasteiger partial charge in [0, 0.05) is 12.7 Å². The summed E-state index contributed by atoms with van der Waals surface area (Å²) in [5, 5.41) is 14.3. The Kier molecular flexibility index (Phi) is 6.94. The van der Waals surface area contributed by atoms with E-state index in [4.69, 9.17) is 0 Å². The molecule has 1 aromatic heterocycles. The zero-order chi connectivity index (χ0) is 19.9. The van der Waals surface area contributed by atoms with E-state index in [-0.39, 0.29) is 18.4 Å². The highest BCUT2D eigenvalue weighted by Crippen LogP contribution is 2.31. The van der Waals surface area contributed by atoms with Gasteiger partial charge in [0.15, 0.2) is 0 Å². The maximum absolute atomic E-state index is 13.2. The monoisotopic (exact) mass is 389 g/mol. The molecule has 1 saturated heterocycles. The number of carbonyl (C=O) groups is 3. The van der Waals surface area contributed by atoms with E-state index in [1.54, 1.807) is 24.5 Å². The third-order valence-electron chi connectivity index (χ3n) is 5.45. The van der Waals surface area contributed by atoms with Crippen molar-refractivity contribution in [1.29, 1.82) is 0 Å². The second-order valence-electron chi connectivity index (χ2n) is 7.46. The maximum Gasteiger partial charge on any atom is 0.248 e. The van der Waals surface area contributed by atoms with Gasteiger partial charge < -0.3 is 5.32 Å². The molecule has 3 amide bonds. The SMILES string of the molecule is O=CN(O)C[C@@H](CC1CCCC1)C(=O)N1NCC[C@H]1C(=O)Nc1cccnc1. The zero-order valence-electron chi connectivity index (χ0n) is 15.8. The molecule has 1 aliphatic carbocycles. The molecule has 28 heavy (non-hydrogen) atoms. The van der Waals surface area contributed by atoms with Crippen molar-refractivity contribution >= 4 is 23.9 Å². The Morgan fingerprint density at radius 2 is 2.18 bits per heavy atom. The molecule has 2 heterocycles. The fourth-order valence-electron chi connectivity index (χ4n) is 4.07. The van der Waals surface area contributed by atoms with Crippen molar-refractivity contribution in [3.05, 3.63) is 24.5 Å². The van der Waals surface area contributed by atoms with Gasteiger partial charge in [-0.25, -0.2) is 10.5 Å². The minimum Gasteiger partial charge on any atom is -0.323 e. The quantitative estimate of drug-likeness (QED) is 0.349. The van der Waals surface area contributed by atoms with Crippen LogP contribution in [0.3, 0.4) is 0 Å². The Balaban J connectivity index is 1.68. The molecule has 3 N–H and O–H groups in total. The highest BCUT2D eigenvalue weighted by molar-refractivity contribution is 5.97. The molecule has 2 fully saturated rings. The lowest BCUT2D eigenvalue weighted by molar-refractivity contribution is -0.159. The first-order chi connectivity index (χ1) is 13.6. The molecule has 0 radical (unpaired) electrons. The molecule has 1 aromatic rings. The molecule has 1 aliphatic heterocycles. The summed E-state index contributed by atoms with van der Waals surface area (Å²) in [4.78, 5) is 40.7. The van der Waals surface area contributed by atoms with Crippen molar-refractivity contribution in [3.8, 4) is 0 Å². The Bertz CT molecular complexity index is 680. The summed E-state index contributed by atoms with van der Waals surface area (Å²) in [5.74, 6) is -0.712. The van der Waals surface area contributed by atoms with Gasteiger partial charge in [0.1, 0.15) is 6.04 Å². The first-order valence-electron chi connectivity index (χ1n) is 9.76. The standard InChI is InChI=1S/C19H27N5O4/c25-13-23(28)12-15(10-14-4-1-2-5-14)19(27)24-17(7-9-21-24)18(26)22-16-6-3-8-20-11-16/h3,6,8,11,13-15,17,21,28H,1-2,4-5,7,9-10,12H2,(H,22,26)/t15-,17+/m1/s1. The summed E-state index contributed by atoms with van der Waals surface area (Å²) >= 11 is 0. The van der Waals surface area contributed by atoms with E-state index < -0.39 is 12.0 Å². The van der Waals surface area contributed by atoms with Crippen LogP contribution in [0.25, 0.3) is 0 Å².